The summed E-state index contributed by atoms with van der Waals surface area (Å²) < 4.78 is 0. The summed E-state index contributed by atoms with van der Waals surface area (Å²) in [4.78, 5) is 14.4. The lowest BCUT2D eigenvalue weighted by atomic mass is 9.82. The molecule has 1 aromatic heterocycles. The largest absolute Gasteiger partial charge is 0.477 e. The van der Waals surface area contributed by atoms with Crippen molar-refractivity contribution >= 4 is 23.0 Å². The van der Waals surface area contributed by atoms with Crippen molar-refractivity contribution in [3.05, 3.63) is 16.3 Å². The Morgan fingerprint density at radius 2 is 1.83 bits per heavy atom. The van der Waals surface area contributed by atoms with Crippen LogP contribution < -0.4 is 4.90 Å². The molecule has 0 bridgehead atoms. The number of aromatic carboxylic acids is 1. The molecule has 0 amide bonds. The first-order valence-electron chi connectivity index (χ1n) is 9.30. The Labute approximate surface area is 148 Å². The molecule has 4 nitrogen and oxygen atoms in total. The second kappa shape index (κ2) is 7.87. The molecule has 0 aliphatic heterocycles. The molecular formula is C19H29NO3S. The second-order valence-electron chi connectivity index (χ2n) is 7.68. The molecular weight excluding hydrogens is 322 g/mol. The standard InChI is InChI=1S/C19H29NO3S/c1-13-2-4-14(5-3-13)12-20(15-6-8-16(21)9-7-15)17-10-11-24-18(17)19(22)23/h10-11,13-16,21H,2-9,12H2,1H3,(H,22,23). The van der Waals surface area contributed by atoms with Gasteiger partial charge in [0.1, 0.15) is 4.88 Å². The maximum atomic E-state index is 11.6. The maximum Gasteiger partial charge on any atom is 0.348 e. The minimum Gasteiger partial charge on any atom is -0.477 e. The van der Waals surface area contributed by atoms with E-state index in [0.717, 1.165) is 43.8 Å². The first-order valence-corrected chi connectivity index (χ1v) is 10.2. The van der Waals surface area contributed by atoms with Crippen LogP contribution in [0.3, 0.4) is 0 Å². The Balaban J connectivity index is 1.78. The van der Waals surface area contributed by atoms with Gasteiger partial charge in [-0.1, -0.05) is 19.8 Å². The van der Waals surface area contributed by atoms with Gasteiger partial charge in [-0.2, -0.15) is 0 Å². The monoisotopic (exact) mass is 351 g/mol. The van der Waals surface area contributed by atoms with Gasteiger partial charge in [0.25, 0.3) is 0 Å². The zero-order valence-corrected chi connectivity index (χ0v) is 15.3. The number of aliphatic hydroxyl groups is 1. The average Bonchev–Trinajstić information content (AvgIpc) is 3.05. The van der Waals surface area contributed by atoms with Gasteiger partial charge >= 0.3 is 5.97 Å². The van der Waals surface area contributed by atoms with E-state index in [2.05, 4.69) is 11.8 Å². The molecule has 0 radical (unpaired) electrons. The third-order valence-corrected chi connectivity index (χ3v) is 6.74. The Bertz CT molecular complexity index is 543. The predicted octanol–water partition coefficient (Wildman–Crippen LogP) is 4.38. The lowest BCUT2D eigenvalue weighted by Crippen LogP contribution is -2.43. The minimum absolute atomic E-state index is 0.181. The normalized spacial score (nSPS) is 30.9. The molecule has 2 N–H and O–H groups in total. The molecule has 2 aliphatic carbocycles. The molecule has 2 aliphatic rings. The number of hydrogen-bond acceptors (Lipinski definition) is 4. The van der Waals surface area contributed by atoms with E-state index in [0.29, 0.717) is 16.8 Å². The predicted molar refractivity (Wildman–Crippen MR) is 98.0 cm³/mol. The van der Waals surface area contributed by atoms with Crippen molar-refractivity contribution in [2.75, 3.05) is 11.4 Å². The van der Waals surface area contributed by atoms with Gasteiger partial charge in [0.05, 0.1) is 11.8 Å². The fraction of sp³-hybridized carbons (Fsp3) is 0.737. The van der Waals surface area contributed by atoms with E-state index < -0.39 is 5.97 Å². The molecule has 2 fully saturated rings. The summed E-state index contributed by atoms with van der Waals surface area (Å²) in [6.07, 6.45) is 8.47. The molecule has 0 atom stereocenters. The Hall–Kier alpha value is -1.07. The molecule has 1 heterocycles. The molecule has 2 saturated carbocycles. The van der Waals surface area contributed by atoms with E-state index in [9.17, 15) is 15.0 Å². The molecule has 5 heteroatoms. The van der Waals surface area contributed by atoms with Crippen LogP contribution in [0.1, 0.15) is 68.0 Å². The van der Waals surface area contributed by atoms with E-state index in [1.165, 1.54) is 37.0 Å². The Morgan fingerprint density at radius 3 is 2.46 bits per heavy atom. The summed E-state index contributed by atoms with van der Waals surface area (Å²) in [5.74, 6) is 0.669. The van der Waals surface area contributed by atoms with Crippen LogP contribution in [-0.2, 0) is 0 Å². The fourth-order valence-corrected chi connectivity index (χ4v) is 5.03. The van der Waals surface area contributed by atoms with Gasteiger partial charge < -0.3 is 15.1 Å². The molecule has 0 aromatic carbocycles. The number of hydrogen-bond donors (Lipinski definition) is 2. The van der Waals surface area contributed by atoms with Crippen molar-refractivity contribution in [2.24, 2.45) is 11.8 Å². The van der Waals surface area contributed by atoms with E-state index in [1.54, 1.807) is 0 Å². The van der Waals surface area contributed by atoms with Crippen molar-refractivity contribution < 1.29 is 15.0 Å². The topological polar surface area (TPSA) is 60.8 Å². The summed E-state index contributed by atoms with van der Waals surface area (Å²) in [6, 6.07) is 2.34. The molecule has 0 spiro atoms. The van der Waals surface area contributed by atoms with Gasteiger partial charge in [0.2, 0.25) is 0 Å². The van der Waals surface area contributed by atoms with Crippen molar-refractivity contribution in [3.8, 4) is 0 Å². The van der Waals surface area contributed by atoms with Crippen LogP contribution in [0.15, 0.2) is 11.4 Å². The van der Waals surface area contributed by atoms with E-state index in [4.69, 9.17) is 0 Å². The average molecular weight is 352 g/mol. The van der Waals surface area contributed by atoms with E-state index in [1.807, 2.05) is 11.4 Å². The quantitative estimate of drug-likeness (QED) is 0.826. The van der Waals surface area contributed by atoms with Crippen LogP contribution in [0.5, 0.6) is 0 Å². The third kappa shape index (κ3) is 4.12. The lowest BCUT2D eigenvalue weighted by Gasteiger charge is -2.40. The fourth-order valence-electron chi connectivity index (χ4n) is 4.29. The van der Waals surface area contributed by atoms with Gasteiger partial charge in [-0.05, 0) is 61.8 Å². The van der Waals surface area contributed by atoms with Crippen molar-refractivity contribution in [2.45, 2.75) is 70.4 Å². The van der Waals surface area contributed by atoms with Gasteiger partial charge in [-0.15, -0.1) is 11.3 Å². The molecule has 0 saturated heterocycles. The van der Waals surface area contributed by atoms with Gasteiger partial charge in [-0.3, -0.25) is 0 Å². The summed E-state index contributed by atoms with van der Waals surface area (Å²) in [6.45, 7) is 3.29. The van der Waals surface area contributed by atoms with E-state index >= 15 is 0 Å². The number of carboxylic acid groups (broad SMARTS) is 1. The maximum absolute atomic E-state index is 11.6. The highest BCUT2D eigenvalue weighted by Crippen LogP contribution is 2.36. The van der Waals surface area contributed by atoms with Crippen LogP contribution in [0.2, 0.25) is 0 Å². The highest BCUT2D eigenvalue weighted by atomic mass is 32.1. The number of carboxylic acids is 1. The lowest BCUT2D eigenvalue weighted by molar-refractivity contribution is 0.0702. The van der Waals surface area contributed by atoms with Crippen LogP contribution >= 0.6 is 11.3 Å². The number of aliphatic hydroxyl groups excluding tert-OH is 1. The van der Waals surface area contributed by atoms with Crippen LogP contribution in [-0.4, -0.2) is 34.9 Å². The number of thiophene rings is 1. The number of carbonyl (C=O) groups is 1. The number of anilines is 1. The first kappa shape index (κ1) is 17.7. The number of nitrogens with zero attached hydrogens (tertiary/aromatic N) is 1. The molecule has 3 rings (SSSR count). The molecule has 0 unspecified atom stereocenters. The zero-order chi connectivity index (χ0) is 17.1. The first-order chi connectivity index (χ1) is 11.5. The van der Waals surface area contributed by atoms with Crippen LogP contribution in [0.25, 0.3) is 0 Å². The van der Waals surface area contributed by atoms with Crippen LogP contribution in [0.4, 0.5) is 5.69 Å². The molecule has 24 heavy (non-hydrogen) atoms. The Kier molecular flexibility index (Phi) is 5.82. The van der Waals surface area contributed by atoms with Gasteiger partial charge in [-0.25, -0.2) is 4.79 Å². The van der Waals surface area contributed by atoms with Gasteiger partial charge in [0.15, 0.2) is 0 Å². The zero-order valence-electron chi connectivity index (χ0n) is 14.5. The smallest absolute Gasteiger partial charge is 0.348 e. The van der Waals surface area contributed by atoms with Gasteiger partial charge in [0, 0.05) is 12.6 Å². The summed E-state index contributed by atoms with van der Waals surface area (Å²) in [7, 11) is 0. The Morgan fingerprint density at radius 1 is 1.17 bits per heavy atom. The minimum atomic E-state index is -0.821. The molecule has 1 aromatic rings. The van der Waals surface area contributed by atoms with Crippen LogP contribution in [0, 0.1) is 11.8 Å². The van der Waals surface area contributed by atoms with Crippen molar-refractivity contribution in [3.63, 3.8) is 0 Å². The summed E-state index contributed by atoms with van der Waals surface area (Å²) in [5, 5.41) is 21.2. The SMILES string of the molecule is CC1CCC(CN(c2ccsc2C(=O)O)C2CCC(O)CC2)CC1. The van der Waals surface area contributed by atoms with E-state index in [-0.39, 0.29) is 6.10 Å². The second-order valence-corrected chi connectivity index (χ2v) is 8.60. The third-order valence-electron chi connectivity index (χ3n) is 5.85. The highest BCUT2D eigenvalue weighted by molar-refractivity contribution is 7.12. The highest BCUT2D eigenvalue weighted by Gasteiger charge is 2.30. The van der Waals surface area contributed by atoms with Crippen molar-refractivity contribution in [1.82, 2.24) is 0 Å². The number of rotatable bonds is 5. The van der Waals surface area contributed by atoms with Crippen molar-refractivity contribution in [1.29, 1.82) is 0 Å². The summed E-state index contributed by atoms with van der Waals surface area (Å²) >= 11 is 1.32. The summed E-state index contributed by atoms with van der Waals surface area (Å²) in [5.41, 5.74) is 0.896. The molecule has 134 valence electrons.